The van der Waals surface area contributed by atoms with Gasteiger partial charge in [0.1, 0.15) is 0 Å². The van der Waals surface area contributed by atoms with Crippen molar-refractivity contribution in [2.24, 2.45) is 5.92 Å². The first-order valence-electron chi connectivity index (χ1n) is 7.67. The predicted molar refractivity (Wildman–Crippen MR) is 81.2 cm³/mol. The molecule has 0 bridgehead atoms. The highest BCUT2D eigenvalue weighted by atomic mass is 19.1. The second-order valence-corrected chi connectivity index (χ2v) is 6.06. The minimum absolute atomic E-state index is 0.120. The van der Waals surface area contributed by atoms with Crippen molar-refractivity contribution >= 4 is 11.9 Å². The first kappa shape index (κ1) is 16.5. The van der Waals surface area contributed by atoms with Crippen LogP contribution in [0.1, 0.15) is 31.7 Å². The van der Waals surface area contributed by atoms with Crippen molar-refractivity contribution in [1.29, 1.82) is 0 Å². The molecular formula is C17H22FNO3. The molecule has 120 valence electrons. The predicted octanol–water partition coefficient (Wildman–Crippen LogP) is 2.67. The summed E-state index contributed by atoms with van der Waals surface area (Å²) in [5.41, 5.74) is -1.05. The highest BCUT2D eigenvalue weighted by Crippen LogP contribution is 2.27. The maximum Gasteiger partial charge on any atom is 0.343 e. The van der Waals surface area contributed by atoms with Gasteiger partial charge in [-0.05, 0) is 24.8 Å². The van der Waals surface area contributed by atoms with Crippen LogP contribution in [0, 0.1) is 5.92 Å². The van der Waals surface area contributed by atoms with E-state index >= 15 is 0 Å². The highest BCUT2D eigenvalue weighted by Gasteiger charge is 2.47. The van der Waals surface area contributed by atoms with Gasteiger partial charge in [0.05, 0.1) is 6.54 Å². The van der Waals surface area contributed by atoms with Crippen molar-refractivity contribution in [3.05, 3.63) is 35.9 Å². The van der Waals surface area contributed by atoms with Crippen LogP contribution in [0.15, 0.2) is 30.3 Å². The Morgan fingerprint density at radius 2 is 2.05 bits per heavy atom. The van der Waals surface area contributed by atoms with Crippen LogP contribution in [0.2, 0.25) is 0 Å². The number of carbonyl (C=O) groups excluding carboxylic acids is 1. The van der Waals surface area contributed by atoms with Gasteiger partial charge in [-0.2, -0.15) is 0 Å². The number of alkyl halides is 1. The average Bonchev–Trinajstić information content (AvgIpc) is 2.91. The number of carbonyl (C=O) groups is 2. The van der Waals surface area contributed by atoms with Gasteiger partial charge in [0.2, 0.25) is 11.6 Å². The summed E-state index contributed by atoms with van der Waals surface area (Å²) in [6, 6.07) is 10.0. The zero-order valence-corrected chi connectivity index (χ0v) is 12.8. The van der Waals surface area contributed by atoms with E-state index in [1.807, 2.05) is 25.1 Å². The molecule has 1 aliphatic rings. The van der Waals surface area contributed by atoms with Crippen LogP contribution in [-0.4, -0.2) is 40.6 Å². The monoisotopic (exact) mass is 307 g/mol. The maximum atomic E-state index is 14.0. The molecule has 0 aromatic heterocycles. The zero-order chi connectivity index (χ0) is 16.2. The first-order chi connectivity index (χ1) is 10.4. The molecule has 2 rings (SSSR count). The van der Waals surface area contributed by atoms with E-state index in [4.69, 9.17) is 5.11 Å². The van der Waals surface area contributed by atoms with E-state index in [-0.39, 0.29) is 31.3 Å². The van der Waals surface area contributed by atoms with Gasteiger partial charge >= 0.3 is 5.97 Å². The standard InChI is InChI=1S/C17H22FNO3/c1-13(6-5-9-14-7-3-2-4-8-14)15(20)19-11-10-17(18,12-19)16(21)22/h2-4,7-8,13H,5-6,9-12H2,1H3,(H,21,22). The molecule has 0 aliphatic carbocycles. The summed E-state index contributed by atoms with van der Waals surface area (Å²) in [6.07, 6.45) is 2.38. The molecule has 1 saturated heterocycles. The van der Waals surface area contributed by atoms with Gasteiger partial charge in [0.15, 0.2) is 0 Å². The van der Waals surface area contributed by atoms with Crippen LogP contribution in [0.3, 0.4) is 0 Å². The zero-order valence-electron chi connectivity index (χ0n) is 12.8. The van der Waals surface area contributed by atoms with Gasteiger partial charge in [0.25, 0.3) is 0 Å². The Morgan fingerprint density at radius 1 is 1.36 bits per heavy atom. The number of hydrogen-bond acceptors (Lipinski definition) is 2. The maximum absolute atomic E-state index is 14.0. The second kappa shape index (κ2) is 6.90. The fourth-order valence-electron chi connectivity index (χ4n) is 2.83. The minimum atomic E-state index is -2.28. The molecule has 4 nitrogen and oxygen atoms in total. The van der Waals surface area contributed by atoms with Crippen LogP contribution in [0.25, 0.3) is 0 Å². The van der Waals surface area contributed by atoms with Gasteiger partial charge in [-0.1, -0.05) is 37.3 Å². The van der Waals surface area contributed by atoms with E-state index in [0.29, 0.717) is 0 Å². The lowest BCUT2D eigenvalue weighted by Crippen LogP contribution is -2.40. The molecule has 0 spiro atoms. The Bertz CT molecular complexity index is 534. The first-order valence-corrected chi connectivity index (χ1v) is 7.67. The molecule has 22 heavy (non-hydrogen) atoms. The second-order valence-electron chi connectivity index (χ2n) is 6.06. The number of carboxylic acids is 1. The number of carboxylic acid groups (broad SMARTS) is 1. The summed E-state index contributed by atoms with van der Waals surface area (Å²) in [5.74, 6) is -1.83. The number of nitrogens with zero attached hydrogens (tertiary/aromatic N) is 1. The number of rotatable bonds is 6. The molecule has 1 fully saturated rings. The molecule has 5 heteroatoms. The lowest BCUT2D eigenvalue weighted by molar-refractivity contribution is -0.150. The number of hydrogen-bond donors (Lipinski definition) is 1. The van der Waals surface area contributed by atoms with Crippen molar-refractivity contribution in [3.63, 3.8) is 0 Å². The topological polar surface area (TPSA) is 57.6 Å². The molecular weight excluding hydrogens is 285 g/mol. The van der Waals surface area contributed by atoms with E-state index in [0.717, 1.165) is 19.3 Å². The third kappa shape index (κ3) is 3.84. The van der Waals surface area contributed by atoms with Crippen LogP contribution in [0.4, 0.5) is 4.39 Å². The summed E-state index contributed by atoms with van der Waals surface area (Å²) in [4.78, 5) is 24.5. The van der Waals surface area contributed by atoms with Crippen LogP contribution >= 0.6 is 0 Å². The van der Waals surface area contributed by atoms with Crippen molar-refractivity contribution in [3.8, 4) is 0 Å². The normalized spacial score (nSPS) is 22.5. The third-order valence-electron chi connectivity index (χ3n) is 4.28. The molecule has 2 unspecified atom stereocenters. The van der Waals surface area contributed by atoms with Gasteiger partial charge in [0, 0.05) is 18.9 Å². The summed E-state index contributed by atoms with van der Waals surface area (Å²) < 4.78 is 14.0. The lowest BCUT2D eigenvalue weighted by atomic mass is 10.00. The molecule has 2 atom stereocenters. The van der Waals surface area contributed by atoms with Crippen LogP contribution in [-0.2, 0) is 16.0 Å². The molecule has 1 aromatic carbocycles. The Balaban J connectivity index is 1.79. The number of benzene rings is 1. The highest BCUT2D eigenvalue weighted by molar-refractivity contribution is 5.83. The Hall–Kier alpha value is -1.91. The average molecular weight is 307 g/mol. The van der Waals surface area contributed by atoms with Crippen molar-refractivity contribution < 1.29 is 19.1 Å². The summed E-state index contributed by atoms with van der Waals surface area (Å²) in [6.45, 7) is 1.68. The Morgan fingerprint density at radius 3 is 2.64 bits per heavy atom. The number of likely N-dealkylation sites (tertiary alicyclic amines) is 1. The molecule has 1 amide bonds. The van der Waals surface area contributed by atoms with E-state index in [1.165, 1.54) is 10.5 Å². The van der Waals surface area contributed by atoms with E-state index in [2.05, 4.69) is 12.1 Å². The Labute approximate surface area is 129 Å². The smallest absolute Gasteiger partial charge is 0.343 e. The number of aliphatic carboxylic acids is 1. The molecule has 1 heterocycles. The Kier molecular flexibility index (Phi) is 5.16. The molecule has 1 aromatic rings. The SMILES string of the molecule is CC(CCCc1ccccc1)C(=O)N1CCC(F)(C(=O)O)C1. The lowest BCUT2D eigenvalue weighted by Gasteiger charge is -2.21. The van der Waals surface area contributed by atoms with Gasteiger partial charge in [-0.15, -0.1) is 0 Å². The summed E-state index contributed by atoms with van der Waals surface area (Å²) in [5, 5.41) is 8.87. The number of halogens is 1. The largest absolute Gasteiger partial charge is 0.479 e. The van der Waals surface area contributed by atoms with Crippen molar-refractivity contribution in [2.45, 2.75) is 38.3 Å². The minimum Gasteiger partial charge on any atom is -0.479 e. The molecule has 1 N–H and O–H groups in total. The molecule has 0 saturated carbocycles. The van der Waals surface area contributed by atoms with Crippen molar-refractivity contribution in [1.82, 2.24) is 4.90 Å². The third-order valence-corrected chi connectivity index (χ3v) is 4.28. The number of aryl methyl sites for hydroxylation is 1. The van der Waals surface area contributed by atoms with E-state index < -0.39 is 11.6 Å². The summed E-state index contributed by atoms with van der Waals surface area (Å²) in [7, 11) is 0. The van der Waals surface area contributed by atoms with Gasteiger partial charge in [-0.3, -0.25) is 4.79 Å². The fraction of sp³-hybridized carbons (Fsp3) is 0.529. The van der Waals surface area contributed by atoms with Crippen molar-refractivity contribution in [2.75, 3.05) is 13.1 Å². The van der Waals surface area contributed by atoms with Crippen LogP contribution < -0.4 is 0 Å². The van der Waals surface area contributed by atoms with E-state index in [9.17, 15) is 14.0 Å². The molecule has 0 radical (unpaired) electrons. The fourth-order valence-corrected chi connectivity index (χ4v) is 2.83. The van der Waals surface area contributed by atoms with E-state index in [1.54, 1.807) is 0 Å². The van der Waals surface area contributed by atoms with Gasteiger partial charge in [-0.25, -0.2) is 9.18 Å². The quantitative estimate of drug-likeness (QED) is 0.879. The van der Waals surface area contributed by atoms with Crippen LogP contribution in [0.5, 0.6) is 0 Å². The summed E-state index contributed by atoms with van der Waals surface area (Å²) >= 11 is 0. The van der Waals surface area contributed by atoms with Gasteiger partial charge < -0.3 is 10.0 Å². The molecule has 1 aliphatic heterocycles. The number of amides is 1.